The number of hydrogen-bond acceptors (Lipinski definition) is 2. The minimum atomic E-state index is 0.0000463. The van der Waals surface area contributed by atoms with Crippen LogP contribution in [0.1, 0.15) is 24.2 Å². The Kier molecular flexibility index (Phi) is 6.06. The van der Waals surface area contributed by atoms with Crippen LogP contribution in [0.5, 0.6) is 0 Å². The zero-order valence-electron chi connectivity index (χ0n) is 10.4. The highest BCUT2D eigenvalue weighted by Gasteiger charge is 2.13. The summed E-state index contributed by atoms with van der Waals surface area (Å²) in [4.78, 5) is 13.3. The molecule has 0 heterocycles. The average Bonchev–Trinajstić information content (AvgIpc) is 2.35. The third kappa shape index (κ3) is 4.36. The maximum absolute atomic E-state index is 12.0. The van der Waals surface area contributed by atoms with Gasteiger partial charge in [-0.3, -0.25) is 4.79 Å². The zero-order valence-corrected chi connectivity index (χ0v) is 12.8. The number of rotatable bonds is 5. The first-order valence-corrected chi connectivity index (χ1v) is 7.75. The normalized spacial score (nSPS) is 12.5. The Morgan fingerprint density at radius 1 is 1.41 bits per heavy atom. The van der Waals surface area contributed by atoms with Crippen molar-refractivity contribution in [3.05, 3.63) is 29.8 Å². The van der Waals surface area contributed by atoms with Gasteiger partial charge in [0.05, 0.1) is 5.56 Å². The molecule has 0 aliphatic rings. The minimum Gasteiger partial charge on any atom is -0.351 e. The summed E-state index contributed by atoms with van der Waals surface area (Å²) in [6, 6.07) is 7.67. The highest BCUT2D eigenvalue weighted by atomic mass is 79.9. The number of carbonyl (C=O) groups is 1. The Bertz CT molecular complexity index is 381. The Morgan fingerprint density at radius 2 is 2.06 bits per heavy atom. The van der Waals surface area contributed by atoms with Crippen LogP contribution in [0.25, 0.3) is 0 Å². The van der Waals surface area contributed by atoms with Crippen molar-refractivity contribution < 1.29 is 4.79 Å². The Balaban J connectivity index is 2.64. The molecule has 1 atom stereocenters. The lowest BCUT2D eigenvalue weighted by Gasteiger charge is -2.15. The molecular weight excluding hydrogens is 298 g/mol. The Morgan fingerprint density at radius 3 is 2.65 bits per heavy atom. The number of carbonyl (C=O) groups excluding carboxylic acids is 1. The van der Waals surface area contributed by atoms with Gasteiger partial charge in [0.15, 0.2) is 0 Å². The van der Waals surface area contributed by atoms with Gasteiger partial charge in [-0.25, -0.2) is 0 Å². The number of alkyl halides is 1. The maximum Gasteiger partial charge on any atom is 0.252 e. The first kappa shape index (κ1) is 14.6. The van der Waals surface area contributed by atoms with Crippen LogP contribution in [-0.2, 0) is 0 Å². The van der Waals surface area contributed by atoms with Crippen LogP contribution in [0.15, 0.2) is 29.2 Å². The molecule has 1 unspecified atom stereocenters. The molecule has 0 fully saturated rings. The lowest BCUT2D eigenvalue weighted by Crippen LogP contribution is -2.31. The summed E-state index contributed by atoms with van der Waals surface area (Å²) in [5.74, 6) is 0.506. The van der Waals surface area contributed by atoms with Crippen molar-refractivity contribution in [1.29, 1.82) is 0 Å². The summed E-state index contributed by atoms with van der Waals surface area (Å²) in [5.41, 5.74) is 0.753. The van der Waals surface area contributed by atoms with Gasteiger partial charge in [0.1, 0.15) is 0 Å². The molecule has 1 aromatic carbocycles. The van der Waals surface area contributed by atoms with Crippen molar-refractivity contribution in [1.82, 2.24) is 5.32 Å². The van der Waals surface area contributed by atoms with Crippen LogP contribution >= 0.6 is 27.7 Å². The summed E-state index contributed by atoms with van der Waals surface area (Å²) in [5, 5.41) is 2.96. The second-order valence-corrected chi connectivity index (χ2v) is 6.19. The van der Waals surface area contributed by atoms with Crippen LogP contribution in [0.3, 0.4) is 0 Å². The van der Waals surface area contributed by atoms with Gasteiger partial charge >= 0.3 is 0 Å². The van der Waals surface area contributed by atoms with Crippen molar-refractivity contribution in [2.24, 2.45) is 5.92 Å². The second-order valence-electron chi connectivity index (χ2n) is 4.17. The molecule has 4 heteroatoms. The molecular formula is C13H18BrNOS. The van der Waals surface area contributed by atoms with E-state index in [4.69, 9.17) is 0 Å². The highest BCUT2D eigenvalue weighted by molar-refractivity contribution is 9.09. The van der Waals surface area contributed by atoms with Gasteiger partial charge in [0.2, 0.25) is 0 Å². The number of benzene rings is 1. The van der Waals surface area contributed by atoms with Gasteiger partial charge in [0, 0.05) is 16.3 Å². The van der Waals surface area contributed by atoms with E-state index in [9.17, 15) is 4.79 Å². The molecule has 17 heavy (non-hydrogen) atoms. The SMILES string of the molecule is CSc1ccccc1C(=O)NCC(Br)C(C)C. The van der Waals surface area contributed by atoms with Crippen LogP contribution in [-0.4, -0.2) is 23.5 Å². The number of nitrogens with one attached hydrogen (secondary N) is 1. The highest BCUT2D eigenvalue weighted by Crippen LogP contribution is 2.19. The van der Waals surface area contributed by atoms with E-state index in [0.717, 1.165) is 10.5 Å². The molecule has 2 nitrogen and oxygen atoms in total. The summed E-state index contributed by atoms with van der Waals surface area (Å²) in [6.07, 6.45) is 1.98. The quantitative estimate of drug-likeness (QED) is 0.665. The molecule has 0 radical (unpaired) electrons. The fourth-order valence-electron chi connectivity index (χ4n) is 1.35. The van der Waals surface area contributed by atoms with Crippen LogP contribution in [0.2, 0.25) is 0 Å². The predicted molar refractivity (Wildman–Crippen MR) is 78.1 cm³/mol. The van der Waals surface area contributed by atoms with Crippen LogP contribution in [0, 0.1) is 5.92 Å². The van der Waals surface area contributed by atoms with E-state index < -0.39 is 0 Å². The summed E-state index contributed by atoms with van der Waals surface area (Å²) in [6.45, 7) is 4.90. The standard InChI is InChI=1S/C13H18BrNOS/c1-9(2)11(14)8-15-13(16)10-6-4-5-7-12(10)17-3/h4-7,9,11H,8H2,1-3H3,(H,15,16). The van der Waals surface area contributed by atoms with E-state index in [1.807, 2.05) is 30.5 Å². The number of halogens is 1. The van der Waals surface area contributed by atoms with Gasteiger partial charge in [-0.1, -0.05) is 41.9 Å². The molecule has 0 spiro atoms. The van der Waals surface area contributed by atoms with Crippen LogP contribution < -0.4 is 5.32 Å². The summed E-state index contributed by atoms with van der Waals surface area (Å²) in [7, 11) is 0. The Labute approximate surface area is 116 Å². The van der Waals surface area contributed by atoms with Crippen molar-refractivity contribution in [2.75, 3.05) is 12.8 Å². The predicted octanol–water partition coefficient (Wildman–Crippen LogP) is 3.56. The molecule has 0 aliphatic heterocycles. The Hall–Kier alpha value is -0.480. The molecule has 0 bridgehead atoms. The smallest absolute Gasteiger partial charge is 0.252 e. The van der Waals surface area contributed by atoms with Crippen molar-refractivity contribution in [3.8, 4) is 0 Å². The van der Waals surface area contributed by atoms with E-state index in [2.05, 4.69) is 35.1 Å². The first-order chi connectivity index (χ1) is 8.06. The number of amides is 1. The van der Waals surface area contributed by atoms with Crippen molar-refractivity contribution >= 4 is 33.6 Å². The monoisotopic (exact) mass is 315 g/mol. The molecule has 0 aromatic heterocycles. The fraction of sp³-hybridized carbons (Fsp3) is 0.462. The van der Waals surface area contributed by atoms with Gasteiger partial charge in [-0.05, 0) is 24.3 Å². The molecule has 1 aromatic rings. The average molecular weight is 316 g/mol. The first-order valence-electron chi connectivity index (χ1n) is 5.61. The molecule has 94 valence electrons. The topological polar surface area (TPSA) is 29.1 Å². The summed E-state index contributed by atoms with van der Waals surface area (Å²) < 4.78 is 0. The fourth-order valence-corrected chi connectivity index (χ4v) is 2.11. The minimum absolute atomic E-state index is 0.0000463. The lowest BCUT2D eigenvalue weighted by atomic mass is 10.1. The second kappa shape index (κ2) is 7.07. The van der Waals surface area contributed by atoms with Gasteiger partial charge in [-0.15, -0.1) is 11.8 Å². The van der Waals surface area contributed by atoms with Gasteiger partial charge in [-0.2, -0.15) is 0 Å². The van der Waals surface area contributed by atoms with Gasteiger partial charge < -0.3 is 5.32 Å². The molecule has 0 saturated heterocycles. The van der Waals surface area contributed by atoms with Gasteiger partial charge in [0.25, 0.3) is 5.91 Å². The molecule has 0 saturated carbocycles. The molecule has 1 N–H and O–H groups in total. The van der Waals surface area contributed by atoms with E-state index in [1.165, 1.54) is 0 Å². The van der Waals surface area contributed by atoms with Crippen LogP contribution in [0.4, 0.5) is 0 Å². The van der Waals surface area contributed by atoms with Crippen molar-refractivity contribution in [2.45, 2.75) is 23.6 Å². The maximum atomic E-state index is 12.0. The third-order valence-corrected chi connectivity index (χ3v) is 4.71. The van der Waals surface area contributed by atoms with E-state index in [-0.39, 0.29) is 5.91 Å². The zero-order chi connectivity index (χ0) is 12.8. The van der Waals surface area contributed by atoms with Crippen molar-refractivity contribution in [3.63, 3.8) is 0 Å². The van der Waals surface area contributed by atoms with E-state index in [1.54, 1.807) is 11.8 Å². The number of hydrogen-bond donors (Lipinski definition) is 1. The lowest BCUT2D eigenvalue weighted by molar-refractivity contribution is 0.0950. The number of thioether (sulfide) groups is 1. The van der Waals surface area contributed by atoms with E-state index in [0.29, 0.717) is 17.3 Å². The molecule has 1 amide bonds. The molecule has 0 aliphatic carbocycles. The largest absolute Gasteiger partial charge is 0.351 e. The van der Waals surface area contributed by atoms with E-state index >= 15 is 0 Å². The third-order valence-electron chi connectivity index (χ3n) is 2.53. The summed E-state index contributed by atoms with van der Waals surface area (Å²) >= 11 is 5.15. The molecule has 1 rings (SSSR count).